The van der Waals surface area contributed by atoms with E-state index in [2.05, 4.69) is 10.1 Å². The van der Waals surface area contributed by atoms with Crippen LogP contribution in [0, 0.1) is 0 Å². The number of hydrogen-bond donors (Lipinski definition) is 1. The normalized spacial score (nSPS) is 13.3. The molecule has 0 aliphatic heterocycles. The van der Waals surface area contributed by atoms with Crippen LogP contribution in [-0.2, 0) is 11.2 Å². The molecule has 0 saturated heterocycles. The van der Waals surface area contributed by atoms with Gasteiger partial charge in [-0.3, -0.25) is 0 Å². The van der Waals surface area contributed by atoms with Crippen LogP contribution in [-0.4, -0.2) is 32.7 Å². The Morgan fingerprint density at radius 2 is 1.84 bits per heavy atom. The smallest absolute Gasteiger partial charge is 0.406 e. The fraction of sp³-hybridized carbons (Fsp3) is 0.538. The second-order valence-corrected chi connectivity index (χ2v) is 4.11. The van der Waals surface area contributed by atoms with E-state index in [4.69, 9.17) is 4.74 Å². The van der Waals surface area contributed by atoms with Crippen LogP contribution in [0.3, 0.4) is 0 Å². The van der Waals surface area contributed by atoms with E-state index >= 15 is 0 Å². The Labute approximate surface area is 110 Å². The zero-order valence-corrected chi connectivity index (χ0v) is 11.0. The largest absolute Gasteiger partial charge is 0.573 e. The maximum atomic E-state index is 12.0. The number of halogens is 3. The van der Waals surface area contributed by atoms with Gasteiger partial charge in [0, 0.05) is 13.2 Å². The van der Waals surface area contributed by atoms with E-state index in [9.17, 15) is 13.2 Å². The lowest BCUT2D eigenvalue weighted by Gasteiger charge is -2.17. The van der Waals surface area contributed by atoms with Gasteiger partial charge in [-0.1, -0.05) is 19.1 Å². The minimum atomic E-state index is -4.65. The molecule has 1 unspecified atom stereocenters. The summed E-state index contributed by atoms with van der Waals surface area (Å²) in [6.45, 7) is 3.35. The van der Waals surface area contributed by atoms with Crippen LogP contribution in [0.1, 0.15) is 12.5 Å². The molecule has 6 heteroatoms. The molecule has 0 spiro atoms. The Balaban J connectivity index is 2.60. The summed E-state index contributed by atoms with van der Waals surface area (Å²) in [6, 6.07) is 6.03. The fourth-order valence-corrected chi connectivity index (χ4v) is 1.79. The van der Waals surface area contributed by atoms with E-state index in [1.54, 1.807) is 19.2 Å². The predicted octanol–water partition coefficient (Wildman–Crippen LogP) is 2.75. The third-order valence-electron chi connectivity index (χ3n) is 2.50. The van der Waals surface area contributed by atoms with Gasteiger partial charge < -0.3 is 14.8 Å². The number of alkyl halides is 3. The molecular weight excluding hydrogens is 259 g/mol. The molecule has 1 atom stereocenters. The molecule has 0 amide bonds. The number of methoxy groups -OCH3 is 1. The third-order valence-corrected chi connectivity index (χ3v) is 2.50. The first-order valence-corrected chi connectivity index (χ1v) is 6.01. The lowest BCUT2D eigenvalue weighted by molar-refractivity contribution is -0.274. The summed E-state index contributed by atoms with van der Waals surface area (Å²) in [6.07, 6.45) is -3.96. The first-order valence-electron chi connectivity index (χ1n) is 6.01. The van der Waals surface area contributed by atoms with E-state index in [0.29, 0.717) is 13.0 Å². The van der Waals surface area contributed by atoms with Crippen LogP contribution in [0.5, 0.6) is 5.75 Å². The van der Waals surface area contributed by atoms with Crippen molar-refractivity contribution in [1.82, 2.24) is 5.32 Å². The van der Waals surface area contributed by atoms with Crippen molar-refractivity contribution in [2.24, 2.45) is 0 Å². The van der Waals surface area contributed by atoms with Crippen molar-refractivity contribution in [2.45, 2.75) is 25.7 Å². The van der Waals surface area contributed by atoms with E-state index < -0.39 is 6.36 Å². The lowest BCUT2D eigenvalue weighted by Crippen LogP contribution is -2.34. The number of ether oxygens (including phenoxy) is 2. The zero-order valence-electron chi connectivity index (χ0n) is 11.0. The monoisotopic (exact) mass is 277 g/mol. The molecular formula is C13H18F3NO2. The average molecular weight is 277 g/mol. The van der Waals surface area contributed by atoms with E-state index in [1.165, 1.54) is 12.1 Å². The molecule has 0 fully saturated rings. The SMILES string of the molecule is CCNC(COC)Cc1ccc(OC(F)(F)F)cc1. The van der Waals surface area contributed by atoms with Gasteiger partial charge in [0.25, 0.3) is 0 Å². The van der Waals surface area contributed by atoms with Gasteiger partial charge >= 0.3 is 6.36 Å². The van der Waals surface area contributed by atoms with Gasteiger partial charge in [-0.2, -0.15) is 0 Å². The van der Waals surface area contributed by atoms with E-state index in [1.807, 2.05) is 6.92 Å². The molecule has 1 N–H and O–H groups in total. The van der Waals surface area contributed by atoms with E-state index in [-0.39, 0.29) is 11.8 Å². The van der Waals surface area contributed by atoms with Gasteiger partial charge in [-0.15, -0.1) is 13.2 Å². The highest BCUT2D eigenvalue weighted by Crippen LogP contribution is 2.23. The van der Waals surface area contributed by atoms with Crippen molar-refractivity contribution in [1.29, 1.82) is 0 Å². The van der Waals surface area contributed by atoms with Crippen LogP contribution in [0.2, 0.25) is 0 Å². The summed E-state index contributed by atoms with van der Waals surface area (Å²) in [5.74, 6) is -0.206. The molecule has 0 radical (unpaired) electrons. The summed E-state index contributed by atoms with van der Waals surface area (Å²) in [5, 5.41) is 3.25. The second kappa shape index (κ2) is 7.35. The van der Waals surface area contributed by atoms with Gasteiger partial charge in [0.2, 0.25) is 0 Å². The van der Waals surface area contributed by atoms with Gasteiger partial charge in [-0.25, -0.2) is 0 Å². The Bertz CT molecular complexity index is 359. The lowest BCUT2D eigenvalue weighted by atomic mass is 10.1. The molecule has 19 heavy (non-hydrogen) atoms. The summed E-state index contributed by atoms with van der Waals surface area (Å²) < 4.78 is 44.9. The fourth-order valence-electron chi connectivity index (χ4n) is 1.79. The van der Waals surface area contributed by atoms with Gasteiger partial charge in [0.1, 0.15) is 5.75 Å². The van der Waals surface area contributed by atoms with Crippen molar-refractivity contribution in [2.75, 3.05) is 20.3 Å². The number of hydrogen-bond acceptors (Lipinski definition) is 3. The third kappa shape index (κ3) is 6.45. The quantitative estimate of drug-likeness (QED) is 0.831. The van der Waals surface area contributed by atoms with Crippen LogP contribution >= 0.6 is 0 Å². The van der Waals surface area contributed by atoms with Crippen molar-refractivity contribution < 1.29 is 22.6 Å². The summed E-state index contributed by atoms with van der Waals surface area (Å²) in [5.41, 5.74) is 0.928. The molecule has 0 bridgehead atoms. The van der Waals surface area contributed by atoms with Gasteiger partial charge in [0.15, 0.2) is 0 Å². The van der Waals surface area contributed by atoms with Crippen LogP contribution in [0.4, 0.5) is 13.2 Å². The molecule has 0 aliphatic carbocycles. The maximum Gasteiger partial charge on any atom is 0.573 e. The Morgan fingerprint density at radius 1 is 1.21 bits per heavy atom. The Hall–Kier alpha value is -1.27. The topological polar surface area (TPSA) is 30.5 Å². The van der Waals surface area contributed by atoms with Crippen LogP contribution in [0.25, 0.3) is 0 Å². The Morgan fingerprint density at radius 3 is 2.32 bits per heavy atom. The minimum Gasteiger partial charge on any atom is -0.406 e. The highest BCUT2D eigenvalue weighted by molar-refractivity contribution is 5.28. The van der Waals surface area contributed by atoms with Crippen molar-refractivity contribution in [3.8, 4) is 5.75 Å². The first kappa shape index (κ1) is 15.8. The van der Waals surface area contributed by atoms with E-state index in [0.717, 1.165) is 12.1 Å². The molecule has 3 nitrogen and oxygen atoms in total. The Kier molecular flexibility index (Phi) is 6.11. The number of nitrogens with one attached hydrogen (secondary N) is 1. The van der Waals surface area contributed by atoms with Crippen LogP contribution in [0.15, 0.2) is 24.3 Å². The zero-order chi connectivity index (χ0) is 14.3. The molecule has 0 aromatic heterocycles. The number of likely N-dealkylation sites (N-methyl/N-ethyl adjacent to an activating group) is 1. The minimum absolute atomic E-state index is 0.143. The number of rotatable bonds is 7. The second-order valence-electron chi connectivity index (χ2n) is 4.11. The average Bonchev–Trinajstić information content (AvgIpc) is 2.30. The molecule has 1 aromatic rings. The van der Waals surface area contributed by atoms with Gasteiger partial charge in [0.05, 0.1) is 6.61 Å². The predicted molar refractivity (Wildman–Crippen MR) is 66.2 cm³/mol. The molecule has 0 aliphatic rings. The highest BCUT2D eigenvalue weighted by Gasteiger charge is 2.30. The molecule has 0 heterocycles. The molecule has 108 valence electrons. The van der Waals surface area contributed by atoms with Gasteiger partial charge in [-0.05, 0) is 30.7 Å². The standard InChI is InChI=1S/C13H18F3NO2/c1-3-17-11(9-18-2)8-10-4-6-12(7-5-10)19-13(14,15)16/h4-7,11,17H,3,8-9H2,1-2H3. The molecule has 0 saturated carbocycles. The molecule has 1 rings (SSSR count). The summed E-state index contributed by atoms with van der Waals surface area (Å²) >= 11 is 0. The van der Waals surface area contributed by atoms with Crippen molar-refractivity contribution in [3.05, 3.63) is 29.8 Å². The van der Waals surface area contributed by atoms with Crippen molar-refractivity contribution >= 4 is 0 Å². The van der Waals surface area contributed by atoms with Crippen molar-refractivity contribution in [3.63, 3.8) is 0 Å². The highest BCUT2D eigenvalue weighted by atomic mass is 19.4. The number of benzene rings is 1. The molecule has 1 aromatic carbocycles. The first-order chi connectivity index (χ1) is 8.94. The summed E-state index contributed by atoms with van der Waals surface area (Å²) in [7, 11) is 1.62. The summed E-state index contributed by atoms with van der Waals surface area (Å²) in [4.78, 5) is 0. The maximum absolute atomic E-state index is 12.0. The van der Waals surface area contributed by atoms with Crippen LogP contribution < -0.4 is 10.1 Å².